The molecule has 1 aromatic rings. The summed E-state index contributed by atoms with van der Waals surface area (Å²) in [6, 6.07) is 2.93. The third-order valence-corrected chi connectivity index (χ3v) is 2.97. The minimum atomic E-state index is -0.695. The molecule has 0 fully saturated rings. The van der Waals surface area contributed by atoms with Gasteiger partial charge < -0.3 is 5.73 Å². The Morgan fingerprint density at radius 3 is 2.79 bits per heavy atom. The van der Waals surface area contributed by atoms with Crippen LogP contribution < -0.4 is 5.73 Å². The zero-order chi connectivity index (χ0) is 10.7. The number of ketones is 1. The van der Waals surface area contributed by atoms with Gasteiger partial charge in [-0.1, -0.05) is 11.6 Å². The molecule has 2 N–H and O–H groups in total. The normalized spacial score (nSPS) is 10.3. The molecule has 14 heavy (non-hydrogen) atoms. The maximum absolute atomic E-state index is 13.4. The van der Waals surface area contributed by atoms with Crippen LogP contribution in [-0.2, 0) is 0 Å². The molecule has 5 heteroatoms. The number of halogens is 3. The SMILES string of the molecule is NCCC(=O)c1ccc(Br)c(Cl)c1F. The van der Waals surface area contributed by atoms with Gasteiger partial charge in [-0.3, -0.25) is 4.79 Å². The topological polar surface area (TPSA) is 43.1 Å². The largest absolute Gasteiger partial charge is 0.330 e. The second kappa shape index (κ2) is 4.87. The summed E-state index contributed by atoms with van der Waals surface area (Å²) in [6.45, 7) is 0.200. The van der Waals surface area contributed by atoms with E-state index in [0.29, 0.717) is 4.47 Å². The molecule has 2 nitrogen and oxygen atoms in total. The number of carbonyl (C=O) groups excluding carboxylic acids is 1. The molecule has 0 aromatic heterocycles. The van der Waals surface area contributed by atoms with E-state index in [1.807, 2.05) is 0 Å². The van der Waals surface area contributed by atoms with E-state index in [2.05, 4.69) is 15.9 Å². The van der Waals surface area contributed by atoms with Gasteiger partial charge in [0.05, 0.1) is 10.6 Å². The lowest BCUT2D eigenvalue weighted by Crippen LogP contribution is -2.10. The Bertz CT molecular complexity index is 370. The molecule has 0 aliphatic carbocycles. The first-order valence-electron chi connectivity index (χ1n) is 3.94. The van der Waals surface area contributed by atoms with Crippen LogP contribution in [0.15, 0.2) is 16.6 Å². The van der Waals surface area contributed by atoms with Crippen LogP contribution >= 0.6 is 27.5 Å². The van der Waals surface area contributed by atoms with Gasteiger partial charge in [0.1, 0.15) is 0 Å². The predicted molar refractivity (Wildman–Crippen MR) is 57.1 cm³/mol. The molecule has 1 aromatic carbocycles. The van der Waals surface area contributed by atoms with Gasteiger partial charge in [0.25, 0.3) is 0 Å². The van der Waals surface area contributed by atoms with Gasteiger partial charge in [-0.25, -0.2) is 4.39 Å². The molecule has 0 bridgehead atoms. The number of carbonyl (C=O) groups is 1. The number of Topliss-reactive ketones (excluding diaryl/α,β-unsaturated/α-hetero) is 1. The molecule has 0 heterocycles. The van der Waals surface area contributed by atoms with Gasteiger partial charge in [-0.2, -0.15) is 0 Å². The van der Waals surface area contributed by atoms with E-state index in [1.165, 1.54) is 12.1 Å². The fourth-order valence-corrected chi connectivity index (χ4v) is 1.48. The molecule has 0 unspecified atom stereocenters. The van der Waals surface area contributed by atoms with Crippen molar-refractivity contribution in [3.05, 3.63) is 33.0 Å². The first kappa shape index (κ1) is 11.6. The summed E-state index contributed by atoms with van der Waals surface area (Å²) in [6.07, 6.45) is 0.120. The summed E-state index contributed by atoms with van der Waals surface area (Å²) in [4.78, 5) is 11.3. The van der Waals surface area contributed by atoms with Crippen molar-refractivity contribution in [3.8, 4) is 0 Å². The summed E-state index contributed by atoms with van der Waals surface area (Å²) in [5.74, 6) is -1.03. The van der Waals surface area contributed by atoms with Crippen molar-refractivity contribution in [1.29, 1.82) is 0 Å². The monoisotopic (exact) mass is 279 g/mol. The summed E-state index contributed by atoms with van der Waals surface area (Å²) in [5.41, 5.74) is 5.19. The Labute approximate surface area is 94.4 Å². The molecule has 0 atom stereocenters. The number of nitrogens with two attached hydrogens (primary N) is 1. The average Bonchev–Trinajstić information content (AvgIpc) is 2.15. The molecule has 0 aliphatic heterocycles. The molecule has 0 aliphatic rings. The lowest BCUT2D eigenvalue weighted by atomic mass is 10.1. The van der Waals surface area contributed by atoms with Crippen LogP contribution in [0, 0.1) is 5.82 Å². The van der Waals surface area contributed by atoms with Crippen LogP contribution in [0.4, 0.5) is 4.39 Å². The lowest BCUT2D eigenvalue weighted by molar-refractivity contribution is 0.0981. The van der Waals surface area contributed by atoms with Crippen LogP contribution in [0.2, 0.25) is 5.02 Å². The lowest BCUT2D eigenvalue weighted by Gasteiger charge is -2.04. The Morgan fingerprint density at radius 1 is 1.57 bits per heavy atom. The molecule has 0 radical (unpaired) electrons. The van der Waals surface area contributed by atoms with Gasteiger partial charge in [0.2, 0.25) is 0 Å². The van der Waals surface area contributed by atoms with Crippen LogP contribution in [0.25, 0.3) is 0 Å². The molecule has 76 valence electrons. The third kappa shape index (κ3) is 2.32. The molecule has 0 saturated carbocycles. The molecule has 0 amide bonds. The second-order valence-corrected chi connectivity index (χ2v) is 3.92. The van der Waals surface area contributed by atoms with E-state index in [4.69, 9.17) is 17.3 Å². The van der Waals surface area contributed by atoms with Crippen molar-refractivity contribution in [2.24, 2.45) is 5.73 Å². The van der Waals surface area contributed by atoms with Crippen molar-refractivity contribution in [3.63, 3.8) is 0 Å². The highest BCUT2D eigenvalue weighted by molar-refractivity contribution is 9.10. The highest BCUT2D eigenvalue weighted by Crippen LogP contribution is 2.27. The number of hydrogen-bond donors (Lipinski definition) is 1. The van der Waals surface area contributed by atoms with E-state index in [0.717, 1.165) is 0 Å². The molecule has 0 spiro atoms. The van der Waals surface area contributed by atoms with Crippen molar-refractivity contribution in [2.75, 3.05) is 6.54 Å². The van der Waals surface area contributed by atoms with Crippen molar-refractivity contribution in [1.82, 2.24) is 0 Å². The van der Waals surface area contributed by atoms with Crippen molar-refractivity contribution < 1.29 is 9.18 Å². The zero-order valence-corrected chi connectivity index (χ0v) is 9.53. The Hall–Kier alpha value is -0.450. The maximum atomic E-state index is 13.4. The maximum Gasteiger partial charge on any atom is 0.167 e. The van der Waals surface area contributed by atoms with Crippen LogP contribution in [0.5, 0.6) is 0 Å². The molecule has 1 rings (SSSR count). The zero-order valence-electron chi connectivity index (χ0n) is 7.19. The van der Waals surface area contributed by atoms with Crippen LogP contribution in [0.3, 0.4) is 0 Å². The Balaban J connectivity index is 3.11. The Kier molecular flexibility index (Phi) is 4.04. The average molecular weight is 281 g/mol. The highest BCUT2D eigenvalue weighted by Gasteiger charge is 2.15. The van der Waals surface area contributed by atoms with E-state index >= 15 is 0 Å². The quantitative estimate of drug-likeness (QED) is 0.683. The summed E-state index contributed by atoms with van der Waals surface area (Å²) in [5, 5.41) is -0.0760. The third-order valence-electron chi connectivity index (χ3n) is 1.71. The standard InChI is InChI=1S/C9H8BrClFNO/c10-6-2-1-5(7(14)3-4-13)9(12)8(6)11/h1-2H,3-4,13H2. The smallest absolute Gasteiger partial charge is 0.167 e. The van der Waals surface area contributed by atoms with Gasteiger partial charge in [-0.05, 0) is 34.6 Å². The minimum Gasteiger partial charge on any atom is -0.330 e. The number of benzene rings is 1. The fourth-order valence-electron chi connectivity index (χ4n) is 1.01. The Morgan fingerprint density at radius 2 is 2.21 bits per heavy atom. The summed E-state index contributed by atoms with van der Waals surface area (Å²) < 4.78 is 13.8. The van der Waals surface area contributed by atoms with E-state index in [-0.39, 0.29) is 29.3 Å². The van der Waals surface area contributed by atoms with Gasteiger partial charge in [-0.15, -0.1) is 0 Å². The van der Waals surface area contributed by atoms with Crippen molar-refractivity contribution >= 4 is 33.3 Å². The number of rotatable bonds is 3. The van der Waals surface area contributed by atoms with Gasteiger partial charge >= 0.3 is 0 Å². The first-order valence-corrected chi connectivity index (χ1v) is 5.11. The van der Waals surface area contributed by atoms with Gasteiger partial charge in [0, 0.05) is 10.9 Å². The van der Waals surface area contributed by atoms with E-state index in [9.17, 15) is 9.18 Å². The summed E-state index contributed by atoms with van der Waals surface area (Å²) in [7, 11) is 0. The summed E-state index contributed by atoms with van der Waals surface area (Å²) >= 11 is 8.68. The van der Waals surface area contributed by atoms with Gasteiger partial charge in [0.15, 0.2) is 11.6 Å². The second-order valence-electron chi connectivity index (χ2n) is 2.68. The molecule has 0 saturated heterocycles. The number of hydrogen-bond acceptors (Lipinski definition) is 2. The van der Waals surface area contributed by atoms with Crippen LogP contribution in [0.1, 0.15) is 16.8 Å². The minimum absolute atomic E-state index is 0.0105. The van der Waals surface area contributed by atoms with E-state index in [1.54, 1.807) is 0 Å². The molecular weight excluding hydrogens is 272 g/mol. The predicted octanol–water partition coefficient (Wildman–Crippen LogP) is 2.77. The van der Waals surface area contributed by atoms with Crippen molar-refractivity contribution in [2.45, 2.75) is 6.42 Å². The fraction of sp³-hybridized carbons (Fsp3) is 0.222. The first-order chi connectivity index (χ1) is 6.57. The molecular formula is C9H8BrClFNO. The highest BCUT2D eigenvalue weighted by atomic mass is 79.9. The van der Waals surface area contributed by atoms with E-state index < -0.39 is 5.82 Å². The van der Waals surface area contributed by atoms with Crippen LogP contribution in [-0.4, -0.2) is 12.3 Å².